The average molecular weight is 571 g/mol. The maximum absolute atomic E-state index is 12.4. The lowest BCUT2D eigenvalue weighted by Gasteiger charge is -2.38. The third-order valence-corrected chi connectivity index (χ3v) is 8.25. The first-order chi connectivity index (χ1) is 17.1. The summed E-state index contributed by atoms with van der Waals surface area (Å²) in [4.78, 5) is 44.4. The maximum atomic E-state index is 12.4. The average Bonchev–Trinajstić information content (AvgIpc) is 3.11. The van der Waals surface area contributed by atoms with Gasteiger partial charge in [-0.15, -0.1) is 0 Å². The number of phosphoric acid groups is 2. The van der Waals surface area contributed by atoms with Crippen molar-refractivity contribution in [3.63, 3.8) is 0 Å². The van der Waals surface area contributed by atoms with Crippen molar-refractivity contribution >= 4 is 27.5 Å². The molecule has 0 aliphatic carbocycles. The molecule has 2 saturated heterocycles. The summed E-state index contributed by atoms with van der Waals surface area (Å²) in [6.45, 7) is 7.33. The van der Waals surface area contributed by atoms with Crippen LogP contribution in [0.2, 0.25) is 0 Å². The Bertz CT molecular complexity index is 1040. The van der Waals surface area contributed by atoms with Crippen LogP contribution >= 0.6 is 15.6 Å². The molecule has 2 fully saturated rings. The molecular weight excluding hydrogens is 540 g/mol. The molecule has 0 saturated carbocycles. The van der Waals surface area contributed by atoms with Crippen LogP contribution < -0.4 is 10.6 Å². The van der Waals surface area contributed by atoms with E-state index in [0.29, 0.717) is 5.57 Å². The van der Waals surface area contributed by atoms with Gasteiger partial charge in [0, 0.05) is 25.1 Å². The summed E-state index contributed by atoms with van der Waals surface area (Å²) in [7, 11) is -10.6. The lowest BCUT2D eigenvalue weighted by atomic mass is 10.0. The molecule has 0 bridgehead atoms. The molecule has 3 aliphatic rings. The highest BCUT2D eigenvalue weighted by Gasteiger charge is 2.46. The Balaban J connectivity index is 1.56. The van der Waals surface area contributed by atoms with E-state index in [1.54, 1.807) is 13.8 Å². The molecule has 16 nitrogen and oxygen atoms in total. The van der Waals surface area contributed by atoms with Crippen LogP contribution in [0.3, 0.4) is 0 Å². The zero-order valence-corrected chi connectivity index (χ0v) is 22.0. The number of aliphatic hydroxyl groups excluding tert-OH is 2. The fraction of sp³-hybridized carbons (Fsp3) is 0.684. The minimum Gasteiger partial charge on any atom is -0.390 e. The van der Waals surface area contributed by atoms with Crippen LogP contribution in [0.5, 0.6) is 0 Å². The third-order valence-electron chi connectivity index (χ3n) is 5.65. The Labute approximate surface area is 212 Å². The van der Waals surface area contributed by atoms with Gasteiger partial charge in [0.1, 0.15) is 24.3 Å². The molecular formula is C19H31N3O13P2. The molecule has 0 spiro atoms. The highest BCUT2D eigenvalue weighted by Crippen LogP contribution is 2.61. The van der Waals surface area contributed by atoms with Crippen molar-refractivity contribution in [2.24, 2.45) is 0 Å². The third kappa shape index (κ3) is 7.91. The number of amides is 2. The summed E-state index contributed by atoms with van der Waals surface area (Å²) in [5, 5.41) is 25.6. The van der Waals surface area contributed by atoms with Crippen LogP contribution in [0.15, 0.2) is 24.2 Å². The van der Waals surface area contributed by atoms with E-state index >= 15 is 0 Å². The van der Waals surface area contributed by atoms with Gasteiger partial charge in [0.2, 0.25) is 5.91 Å². The highest BCUT2D eigenvalue weighted by atomic mass is 31.3. The van der Waals surface area contributed by atoms with Gasteiger partial charge in [-0.2, -0.15) is 4.31 Å². The van der Waals surface area contributed by atoms with E-state index in [1.807, 2.05) is 0 Å². The van der Waals surface area contributed by atoms with E-state index in [-0.39, 0.29) is 24.6 Å². The van der Waals surface area contributed by atoms with Crippen molar-refractivity contribution in [3.8, 4) is 0 Å². The molecule has 3 rings (SSSR count). The van der Waals surface area contributed by atoms with Crippen molar-refractivity contribution in [2.45, 2.75) is 76.6 Å². The first-order valence-electron chi connectivity index (χ1n) is 11.2. The number of carbonyl (C=O) groups is 2. The smallest absolute Gasteiger partial charge is 0.390 e. The number of nitrogens with zero attached hydrogens (tertiary/aromatic N) is 1. The van der Waals surface area contributed by atoms with Crippen LogP contribution in [-0.4, -0.2) is 86.3 Å². The van der Waals surface area contributed by atoms with Crippen LogP contribution in [-0.2, 0) is 41.6 Å². The summed E-state index contributed by atoms with van der Waals surface area (Å²) in [6, 6.07) is -0.875. The molecule has 5 unspecified atom stereocenters. The topological polar surface area (TPSA) is 223 Å². The number of phosphoric ester groups is 2. The second kappa shape index (κ2) is 11.6. The highest BCUT2D eigenvalue weighted by molar-refractivity contribution is 7.61. The Morgan fingerprint density at radius 1 is 1.27 bits per heavy atom. The first kappa shape index (κ1) is 29.9. The van der Waals surface area contributed by atoms with Crippen molar-refractivity contribution in [2.75, 3.05) is 6.61 Å². The van der Waals surface area contributed by atoms with Gasteiger partial charge in [-0.1, -0.05) is 6.58 Å². The van der Waals surface area contributed by atoms with Gasteiger partial charge >= 0.3 is 15.6 Å². The van der Waals surface area contributed by atoms with E-state index in [9.17, 15) is 38.7 Å². The molecule has 2 amide bonds. The number of ether oxygens (including phenoxy) is 2. The lowest BCUT2D eigenvalue weighted by molar-refractivity contribution is -0.212. The second-order valence-electron chi connectivity index (χ2n) is 8.82. The number of carbonyl (C=O) groups excluding carboxylic acids is 2. The van der Waals surface area contributed by atoms with Gasteiger partial charge in [0.15, 0.2) is 6.29 Å². The summed E-state index contributed by atoms with van der Waals surface area (Å²) in [6.07, 6.45) is -5.40. The number of nitrogens with one attached hydrogen (secondary N) is 2. The summed E-state index contributed by atoms with van der Waals surface area (Å²) in [5.41, 5.74) is 0.363. The SMILES string of the molecule is C=C1NC(=O)C(C)=CN1[C@H]1CC(O)[C@@H](COP(=O)(O)OP(=O)(O)O[C@H]2OC(C)C[C@H](NC(C)=O)C2O)O1. The molecule has 37 heavy (non-hydrogen) atoms. The minimum absolute atomic E-state index is 0.0233. The summed E-state index contributed by atoms with van der Waals surface area (Å²) < 4.78 is 49.4. The fourth-order valence-electron chi connectivity index (χ4n) is 3.95. The zero-order valence-electron chi connectivity index (χ0n) is 20.3. The normalized spacial score (nSPS) is 35.8. The summed E-state index contributed by atoms with van der Waals surface area (Å²) in [5.74, 6) is -0.612. The molecule has 210 valence electrons. The van der Waals surface area contributed by atoms with E-state index in [0.717, 1.165) is 0 Å². The number of aliphatic hydroxyl groups is 2. The molecule has 0 aromatic carbocycles. The van der Waals surface area contributed by atoms with E-state index < -0.39 is 71.1 Å². The first-order valence-corrected chi connectivity index (χ1v) is 14.2. The van der Waals surface area contributed by atoms with Gasteiger partial charge in [-0.05, 0) is 20.3 Å². The zero-order chi connectivity index (χ0) is 27.7. The van der Waals surface area contributed by atoms with E-state index in [2.05, 4.69) is 21.5 Å². The fourth-order valence-corrected chi connectivity index (χ4v) is 6.11. The number of rotatable bonds is 9. The van der Waals surface area contributed by atoms with Gasteiger partial charge in [-0.3, -0.25) is 18.6 Å². The second-order valence-corrected chi connectivity index (χ2v) is 11.8. The maximum Gasteiger partial charge on any atom is 0.483 e. The molecule has 6 N–H and O–H groups in total. The summed E-state index contributed by atoms with van der Waals surface area (Å²) >= 11 is 0. The van der Waals surface area contributed by atoms with Gasteiger partial charge < -0.3 is 45.0 Å². The van der Waals surface area contributed by atoms with Crippen molar-refractivity contribution in [1.82, 2.24) is 15.5 Å². The van der Waals surface area contributed by atoms with Gasteiger partial charge in [0.05, 0.1) is 24.9 Å². The van der Waals surface area contributed by atoms with Crippen molar-refractivity contribution in [3.05, 3.63) is 24.2 Å². The number of hydrogen-bond donors (Lipinski definition) is 6. The molecule has 9 atom stereocenters. The lowest BCUT2D eigenvalue weighted by Crippen LogP contribution is -2.55. The number of hydrogen-bond acceptors (Lipinski definition) is 12. The Kier molecular flexibility index (Phi) is 9.36. The molecule has 0 radical (unpaired) electrons. The Hall–Kier alpha value is -1.68. The van der Waals surface area contributed by atoms with Crippen molar-refractivity contribution in [1.29, 1.82) is 0 Å². The van der Waals surface area contributed by atoms with E-state index in [1.165, 1.54) is 18.0 Å². The molecule has 3 aliphatic heterocycles. The Morgan fingerprint density at radius 3 is 2.59 bits per heavy atom. The van der Waals surface area contributed by atoms with E-state index in [4.69, 9.17) is 18.5 Å². The monoisotopic (exact) mass is 571 g/mol. The van der Waals surface area contributed by atoms with Crippen LogP contribution in [0, 0.1) is 0 Å². The predicted octanol–water partition coefficient (Wildman–Crippen LogP) is -0.480. The van der Waals surface area contributed by atoms with Crippen LogP contribution in [0.4, 0.5) is 0 Å². The molecule has 3 heterocycles. The molecule has 0 aromatic rings. The Morgan fingerprint density at radius 2 is 1.95 bits per heavy atom. The predicted molar refractivity (Wildman–Crippen MR) is 122 cm³/mol. The van der Waals surface area contributed by atoms with Gasteiger partial charge in [0.25, 0.3) is 5.91 Å². The standard InChI is InChI=1S/C19H31N3O13P2/c1-9-7-22(11(3)20-18(9)26)16-6-14(24)15(33-16)8-31-36(27,28)35-37(29,30)34-19-17(25)13(21-12(4)23)5-10(2)32-19/h7,10,13-17,19,24-25H,3,5-6,8H2,1-2,4H3,(H,20,26)(H,21,23)(H,27,28)(H,29,30)/t10?,13-,14?,15+,16+,17?,19+/m0/s1. The minimum atomic E-state index is -5.35. The largest absolute Gasteiger partial charge is 0.483 e. The van der Waals surface area contributed by atoms with Crippen LogP contribution in [0.25, 0.3) is 0 Å². The quantitative estimate of drug-likeness (QED) is 0.192. The molecule has 18 heteroatoms. The van der Waals surface area contributed by atoms with Gasteiger partial charge in [-0.25, -0.2) is 9.13 Å². The molecule has 0 aromatic heterocycles. The van der Waals surface area contributed by atoms with Crippen molar-refractivity contribution < 1.29 is 61.6 Å². The van der Waals surface area contributed by atoms with Crippen LogP contribution in [0.1, 0.15) is 33.6 Å².